The molecule has 0 aliphatic heterocycles. The molecule has 2 nitrogen and oxygen atoms in total. The molecular weight excluding hydrogens is 249 g/mol. The number of rotatable bonds is 3. The van der Waals surface area contributed by atoms with Crippen molar-refractivity contribution in [3.05, 3.63) is 28.0 Å². The molecule has 1 aromatic rings. The lowest BCUT2D eigenvalue weighted by Crippen LogP contribution is -2.13. The Bertz CT molecular complexity index is 307. The number of hydrogen-bond donors (Lipinski definition) is 2. The van der Waals surface area contributed by atoms with E-state index < -0.39 is 5.82 Å². The van der Waals surface area contributed by atoms with Crippen LogP contribution < -0.4 is 5.73 Å². The van der Waals surface area contributed by atoms with Gasteiger partial charge in [0.15, 0.2) is 11.6 Å². The molecule has 3 N–H and O–H groups in total. The first-order valence-corrected chi connectivity index (χ1v) is 5.20. The van der Waals surface area contributed by atoms with Crippen molar-refractivity contribution in [2.24, 2.45) is 11.7 Å². The van der Waals surface area contributed by atoms with Crippen LogP contribution >= 0.6 is 15.9 Å². The Kier molecular flexibility index (Phi) is 3.89. The van der Waals surface area contributed by atoms with Gasteiger partial charge in [0, 0.05) is 0 Å². The summed E-state index contributed by atoms with van der Waals surface area (Å²) in [7, 11) is 0. The van der Waals surface area contributed by atoms with Crippen LogP contribution in [0.5, 0.6) is 5.75 Å². The number of phenolic OH excluding ortho intramolecular Hbond substituents is 1. The predicted molar refractivity (Wildman–Crippen MR) is 57.7 cm³/mol. The van der Waals surface area contributed by atoms with Gasteiger partial charge in [-0.1, -0.05) is 6.92 Å². The fraction of sp³-hybridized carbons (Fsp3) is 0.400. The zero-order valence-electron chi connectivity index (χ0n) is 7.93. The lowest BCUT2D eigenvalue weighted by molar-refractivity contribution is 0.428. The topological polar surface area (TPSA) is 46.2 Å². The van der Waals surface area contributed by atoms with Gasteiger partial charge < -0.3 is 10.8 Å². The van der Waals surface area contributed by atoms with Gasteiger partial charge in [-0.3, -0.25) is 0 Å². The standard InChI is InChI=1S/C10H13BrFNO/c1-6(5-13)2-7-3-8(11)10(14)9(12)4-7/h3-4,6,14H,2,5,13H2,1H3. The molecule has 0 aromatic heterocycles. The quantitative estimate of drug-likeness (QED) is 0.878. The highest BCUT2D eigenvalue weighted by molar-refractivity contribution is 9.10. The molecule has 14 heavy (non-hydrogen) atoms. The van der Waals surface area contributed by atoms with Gasteiger partial charge in [-0.05, 0) is 52.5 Å². The molecule has 4 heteroatoms. The van der Waals surface area contributed by atoms with E-state index in [0.717, 1.165) is 5.56 Å². The van der Waals surface area contributed by atoms with E-state index in [1.165, 1.54) is 6.07 Å². The molecule has 1 unspecified atom stereocenters. The van der Waals surface area contributed by atoms with E-state index in [1.54, 1.807) is 6.07 Å². The molecular formula is C10H13BrFNO. The van der Waals surface area contributed by atoms with Gasteiger partial charge in [0.2, 0.25) is 0 Å². The van der Waals surface area contributed by atoms with E-state index in [0.29, 0.717) is 23.4 Å². The highest BCUT2D eigenvalue weighted by Crippen LogP contribution is 2.28. The minimum atomic E-state index is -0.599. The molecule has 78 valence electrons. The van der Waals surface area contributed by atoms with Gasteiger partial charge >= 0.3 is 0 Å². The Labute approximate surface area is 91.1 Å². The first-order chi connectivity index (χ1) is 6.54. The average Bonchev–Trinajstić information content (AvgIpc) is 2.14. The average molecular weight is 262 g/mol. The van der Waals surface area contributed by atoms with Gasteiger partial charge in [-0.15, -0.1) is 0 Å². The lowest BCUT2D eigenvalue weighted by atomic mass is 10.0. The van der Waals surface area contributed by atoms with Gasteiger partial charge in [-0.25, -0.2) is 4.39 Å². The van der Waals surface area contributed by atoms with Crippen molar-refractivity contribution >= 4 is 15.9 Å². The highest BCUT2D eigenvalue weighted by Gasteiger charge is 2.09. The van der Waals surface area contributed by atoms with E-state index in [9.17, 15) is 9.50 Å². The minimum absolute atomic E-state index is 0.311. The summed E-state index contributed by atoms with van der Waals surface area (Å²) in [5.41, 5.74) is 6.31. The number of benzene rings is 1. The molecule has 1 atom stereocenters. The number of phenols is 1. The molecule has 1 aromatic carbocycles. The molecule has 0 saturated heterocycles. The van der Waals surface area contributed by atoms with Crippen LogP contribution in [0.3, 0.4) is 0 Å². The molecule has 0 spiro atoms. The van der Waals surface area contributed by atoms with Gasteiger partial charge in [-0.2, -0.15) is 0 Å². The second-order valence-electron chi connectivity index (χ2n) is 3.45. The Morgan fingerprint density at radius 3 is 2.71 bits per heavy atom. The highest BCUT2D eigenvalue weighted by atomic mass is 79.9. The maximum atomic E-state index is 13.1. The smallest absolute Gasteiger partial charge is 0.166 e. The molecule has 0 amide bonds. The molecule has 0 saturated carbocycles. The van der Waals surface area contributed by atoms with Crippen molar-refractivity contribution in [3.63, 3.8) is 0 Å². The van der Waals surface area contributed by atoms with Gasteiger partial charge in [0.25, 0.3) is 0 Å². The Morgan fingerprint density at radius 2 is 2.21 bits per heavy atom. The molecule has 0 aliphatic rings. The van der Waals surface area contributed by atoms with Crippen LogP contribution in [0.2, 0.25) is 0 Å². The lowest BCUT2D eigenvalue weighted by Gasteiger charge is -2.09. The van der Waals surface area contributed by atoms with E-state index in [-0.39, 0.29) is 5.75 Å². The molecule has 0 heterocycles. The van der Waals surface area contributed by atoms with Crippen LogP contribution in [0.15, 0.2) is 16.6 Å². The van der Waals surface area contributed by atoms with Gasteiger partial charge in [0.1, 0.15) is 0 Å². The van der Waals surface area contributed by atoms with Crippen LogP contribution in [-0.4, -0.2) is 11.7 Å². The van der Waals surface area contributed by atoms with Crippen LogP contribution in [0.4, 0.5) is 4.39 Å². The number of hydrogen-bond acceptors (Lipinski definition) is 2. The van der Waals surface area contributed by atoms with Crippen molar-refractivity contribution < 1.29 is 9.50 Å². The Hall–Kier alpha value is -0.610. The number of nitrogens with two attached hydrogens (primary N) is 1. The monoisotopic (exact) mass is 261 g/mol. The maximum absolute atomic E-state index is 13.1. The van der Waals surface area contributed by atoms with Crippen LogP contribution in [0.25, 0.3) is 0 Å². The number of aromatic hydroxyl groups is 1. The van der Waals surface area contributed by atoms with Crippen molar-refractivity contribution in [3.8, 4) is 5.75 Å². The molecule has 0 bridgehead atoms. The van der Waals surface area contributed by atoms with Crippen molar-refractivity contribution in [2.45, 2.75) is 13.3 Å². The molecule has 0 aliphatic carbocycles. The van der Waals surface area contributed by atoms with Gasteiger partial charge in [0.05, 0.1) is 4.47 Å². The third-order valence-corrected chi connectivity index (χ3v) is 2.67. The summed E-state index contributed by atoms with van der Waals surface area (Å²) in [5, 5.41) is 9.18. The third-order valence-electron chi connectivity index (χ3n) is 2.06. The van der Waals surface area contributed by atoms with Crippen LogP contribution in [0, 0.1) is 11.7 Å². The first-order valence-electron chi connectivity index (χ1n) is 4.41. The van der Waals surface area contributed by atoms with Crippen molar-refractivity contribution in [1.29, 1.82) is 0 Å². The van der Waals surface area contributed by atoms with E-state index in [4.69, 9.17) is 5.73 Å². The Balaban J connectivity index is 2.89. The second kappa shape index (κ2) is 4.75. The fourth-order valence-corrected chi connectivity index (χ4v) is 1.70. The summed E-state index contributed by atoms with van der Waals surface area (Å²) in [5.74, 6) is -0.626. The van der Waals surface area contributed by atoms with Crippen molar-refractivity contribution in [2.75, 3.05) is 6.54 Å². The first kappa shape index (κ1) is 11.5. The SMILES string of the molecule is CC(CN)Cc1cc(F)c(O)c(Br)c1. The zero-order valence-corrected chi connectivity index (χ0v) is 9.51. The maximum Gasteiger partial charge on any atom is 0.166 e. The Morgan fingerprint density at radius 1 is 1.57 bits per heavy atom. The summed E-state index contributed by atoms with van der Waals surface area (Å²) in [6, 6.07) is 3.05. The molecule has 1 rings (SSSR count). The van der Waals surface area contributed by atoms with E-state index in [1.807, 2.05) is 6.92 Å². The fourth-order valence-electron chi connectivity index (χ4n) is 1.22. The minimum Gasteiger partial charge on any atom is -0.504 e. The number of halogens is 2. The molecule has 0 fully saturated rings. The third kappa shape index (κ3) is 2.69. The summed E-state index contributed by atoms with van der Waals surface area (Å²) in [6.07, 6.45) is 0.715. The van der Waals surface area contributed by atoms with E-state index >= 15 is 0 Å². The van der Waals surface area contributed by atoms with Crippen LogP contribution in [0.1, 0.15) is 12.5 Å². The second-order valence-corrected chi connectivity index (χ2v) is 4.31. The summed E-state index contributed by atoms with van der Waals surface area (Å²) in [4.78, 5) is 0. The summed E-state index contributed by atoms with van der Waals surface area (Å²) < 4.78 is 13.5. The normalized spacial score (nSPS) is 12.9. The van der Waals surface area contributed by atoms with Crippen LogP contribution in [-0.2, 0) is 6.42 Å². The largest absolute Gasteiger partial charge is 0.504 e. The van der Waals surface area contributed by atoms with Crippen molar-refractivity contribution in [1.82, 2.24) is 0 Å². The summed E-state index contributed by atoms with van der Waals surface area (Å²) >= 11 is 3.09. The van der Waals surface area contributed by atoms with E-state index in [2.05, 4.69) is 15.9 Å². The summed E-state index contributed by atoms with van der Waals surface area (Å²) in [6.45, 7) is 2.57. The zero-order chi connectivity index (χ0) is 10.7. The predicted octanol–water partition coefficient (Wildman–Crippen LogP) is 2.43. The molecule has 0 radical (unpaired) electrons.